The number of carbonyl (C=O) groups is 1. The summed E-state index contributed by atoms with van der Waals surface area (Å²) in [6.07, 6.45) is 7.02. The number of hydrogen-bond donors (Lipinski definition) is 0. The van der Waals surface area contributed by atoms with Gasteiger partial charge in [0, 0.05) is 31.5 Å². The van der Waals surface area contributed by atoms with Crippen molar-refractivity contribution in [1.29, 1.82) is 0 Å². The minimum atomic E-state index is -0.0878. The summed E-state index contributed by atoms with van der Waals surface area (Å²) < 4.78 is 0. The SMILES string of the molecule is C=Cc1cnc(C)c(C(=O)c2cccc(N3CCCC[C@H]3C)n2)c1.[HH]. The number of carbonyl (C=O) groups excluding carboxylic acids is 1. The maximum atomic E-state index is 12.9. The van der Waals surface area contributed by atoms with Gasteiger partial charge in [-0.25, -0.2) is 4.98 Å². The second kappa shape index (κ2) is 6.95. The summed E-state index contributed by atoms with van der Waals surface area (Å²) in [7, 11) is 0. The Labute approximate surface area is 144 Å². The Balaban J connectivity index is 0.00000225. The zero-order valence-corrected chi connectivity index (χ0v) is 14.3. The summed E-state index contributed by atoms with van der Waals surface area (Å²) in [5, 5.41) is 0. The van der Waals surface area contributed by atoms with Crippen molar-refractivity contribution in [3.05, 3.63) is 59.6 Å². The molecule has 1 saturated heterocycles. The molecule has 0 saturated carbocycles. The molecule has 0 radical (unpaired) electrons. The number of aromatic nitrogens is 2. The van der Waals surface area contributed by atoms with E-state index in [9.17, 15) is 4.79 Å². The summed E-state index contributed by atoms with van der Waals surface area (Å²) >= 11 is 0. The van der Waals surface area contributed by atoms with Crippen LogP contribution in [-0.4, -0.2) is 28.3 Å². The third kappa shape index (κ3) is 3.23. The molecule has 1 aliphatic rings. The Bertz CT molecular complexity index is 775. The highest BCUT2D eigenvalue weighted by Gasteiger charge is 2.21. The molecule has 0 aromatic carbocycles. The standard InChI is InChI=1S/C20H23N3O.H2/c1-4-16-12-17(15(3)21-13-16)20(24)18-9-7-10-19(22-18)23-11-6-5-8-14(23)2;/h4,7,9-10,12-14H,1,5-6,8,11H2,2-3H3;1H/t14-;/m1./s1. The van der Waals surface area contributed by atoms with Crippen LogP contribution in [0.25, 0.3) is 6.08 Å². The summed E-state index contributed by atoms with van der Waals surface area (Å²) in [6.45, 7) is 8.81. The number of pyridine rings is 2. The zero-order chi connectivity index (χ0) is 17.1. The normalized spacial score (nSPS) is 17.6. The van der Waals surface area contributed by atoms with Gasteiger partial charge in [-0.3, -0.25) is 9.78 Å². The van der Waals surface area contributed by atoms with E-state index in [1.165, 1.54) is 19.3 Å². The van der Waals surface area contributed by atoms with E-state index in [0.29, 0.717) is 23.0 Å². The second-order valence-electron chi connectivity index (χ2n) is 6.35. The maximum Gasteiger partial charge on any atom is 0.213 e. The fourth-order valence-corrected chi connectivity index (χ4v) is 3.18. The highest BCUT2D eigenvalue weighted by Crippen LogP contribution is 2.24. The highest BCUT2D eigenvalue weighted by molar-refractivity contribution is 6.08. The van der Waals surface area contributed by atoms with Gasteiger partial charge in [0.15, 0.2) is 0 Å². The van der Waals surface area contributed by atoms with E-state index >= 15 is 0 Å². The van der Waals surface area contributed by atoms with Crippen LogP contribution in [-0.2, 0) is 0 Å². The van der Waals surface area contributed by atoms with Crippen LogP contribution in [0.4, 0.5) is 5.82 Å². The molecule has 0 N–H and O–H groups in total. The van der Waals surface area contributed by atoms with Crippen molar-refractivity contribution in [3.8, 4) is 0 Å². The van der Waals surface area contributed by atoms with Gasteiger partial charge in [-0.2, -0.15) is 0 Å². The molecular formula is C20H25N3O. The van der Waals surface area contributed by atoms with Crippen LogP contribution >= 0.6 is 0 Å². The van der Waals surface area contributed by atoms with Crippen LogP contribution in [0.15, 0.2) is 37.0 Å². The van der Waals surface area contributed by atoms with Crippen molar-refractivity contribution in [2.75, 3.05) is 11.4 Å². The van der Waals surface area contributed by atoms with Gasteiger partial charge in [-0.05, 0) is 56.9 Å². The minimum absolute atomic E-state index is 0. The lowest BCUT2D eigenvalue weighted by atomic mass is 10.0. The highest BCUT2D eigenvalue weighted by atomic mass is 16.1. The molecule has 2 aromatic heterocycles. The smallest absolute Gasteiger partial charge is 0.213 e. The number of ketones is 1. The van der Waals surface area contributed by atoms with Gasteiger partial charge in [-0.15, -0.1) is 0 Å². The fourth-order valence-electron chi connectivity index (χ4n) is 3.18. The van der Waals surface area contributed by atoms with Crippen molar-refractivity contribution in [2.45, 2.75) is 39.2 Å². The quantitative estimate of drug-likeness (QED) is 0.788. The molecule has 0 bridgehead atoms. The van der Waals surface area contributed by atoms with Gasteiger partial charge in [0.1, 0.15) is 11.5 Å². The van der Waals surface area contributed by atoms with Crippen molar-refractivity contribution in [3.63, 3.8) is 0 Å². The summed E-state index contributed by atoms with van der Waals surface area (Å²) in [5.74, 6) is 0.800. The second-order valence-corrected chi connectivity index (χ2v) is 6.35. The Hall–Kier alpha value is -2.49. The zero-order valence-electron chi connectivity index (χ0n) is 14.3. The van der Waals surface area contributed by atoms with Gasteiger partial charge < -0.3 is 4.90 Å². The lowest BCUT2D eigenvalue weighted by Gasteiger charge is -2.34. The fraction of sp³-hybridized carbons (Fsp3) is 0.350. The first kappa shape index (κ1) is 16.4. The Morgan fingerprint density at radius 3 is 3.00 bits per heavy atom. The van der Waals surface area contributed by atoms with E-state index in [2.05, 4.69) is 28.4 Å². The van der Waals surface area contributed by atoms with E-state index in [-0.39, 0.29) is 7.21 Å². The van der Waals surface area contributed by atoms with Gasteiger partial charge in [-0.1, -0.05) is 18.7 Å². The summed E-state index contributed by atoms with van der Waals surface area (Å²) in [5.41, 5.74) is 2.61. The molecule has 3 rings (SSSR count). The number of rotatable bonds is 4. The number of piperidine rings is 1. The van der Waals surface area contributed by atoms with E-state index < -0.39 is 0 Å². The van der Waals surface area contributed by atoms with Crippen LogP contribution < -0.4 is 4.90 Å². The molecule has 0 aliphatic carbocycles. The van der Waals surface area contributed by atoms with Gasteiger partial charge in [0.25, 0.3) is 0 Å². The first-order chi connectivity index (χ1) is 11.6. The lowest BCUT2D eigenvalue weighted by molar-refractivity contribution is 0.103. The molecule has 126 valence electrons. The molecule has 0 spiro atoms. The van der Waals surface area contributed by atoms with Crippen LogP contribution in [0.3, 0.4) is 0 Å². The molecule has 1 aliphatic heterocycles. The molecule has 4 nitrogen and oxygen atoms in total. The Morgan fingerprint density at radius 2 is 2.25 bits per heavy atom. The first-order valence-electron chi connectivity index (χ1n) is 8.47. The van der Waals surface area contributed by atoms with Crippen LogP contribution in [0.2, 0.25) is 0 Å². The Kier molecular flexibility index (Phi) is 4.74. The maximum absolute atomic E-state index is 12.9. The van der Waals surface area contributed by atoms with Gasteiger partial charge in [0.2, 0.25) is 5.78 Å². The molecule has 24 heavy (non-hydrogen) atoms. The molecule has 2 aromatic rings. The van der Waals surface area contributed by atoms with E-state index in [1.54, 1.807) is 18.3 Å². The molecule has 1 fully saturated rings. The van der Waals surface area contributed by atoms with Crippen LogP contribution in [0.1, 0.15) is 54.9 Å². The largest absolute Gasteiger partial charge is 0.354 e. The van der Waals surface area contributed by atoms with Crippen molar-refractivity contribution >= 4 is 17.7 Å². The minimum Gasteiger partial charge on any atom is -0.354 e. The number of hydrogen-bond acceptors (Lipinski definition) is 4. The predicted octanol–water partition coefficient (Wildman–Crippen LogP) is 4.28. The summed E-state index contributed by atoms with van der Waals surface area (Å²) in [6, 6.07) is 7.97. The molecule has 1 atom stereocenters. The molecule has 4 heteroatoms. The van der Waals surface area contributed by atoms with Crippen LogP contribution in [0.5, 0.6) is 0 Å². The van der Waals surface area contributed by atoms with Gasteiger partial charge in [0.05, 0.1) is 0 Å². The van der Waals surface area contributed by atoms with Crippen molar-refractivity contribution in [1.82, 2.24) is 9.97 Å². The number of aryl methyl sites for hydroxylation is 1. The average Bonchev–Trinajstić information content (AvgIpc) is 2.62. The Morgan fingerprint density at radius 1 is 1.42 bits per heavy atom. The number of anilines is 1. The molecular weight excluding hydrogens is 298 g/mol. The van der Waals surface area contributed by atoms with Crippen molar-refractivity contribution in [2.24, 2.45) is 0 Å². The molecule has 0 amide bonds. The van der Waals surface area contributed by atoms with Crippen molar-refractivity contribution < 1.29 is 6.22 Å². The van der Waals surface area contributed by atoms with Gasteiger partial charge >= 0.3 is 0 Å². The van der Waals surface area contributed by atoms with Crippen LogP contribution in [0, 0.1) is 6.92 Å². The molecule has 3 heterocycles. The predicted molar refractivity (Wildman–Crippen MR) is 99.5 cm³/mol. The third-order valence-corrected chi connectivity index (χ3v) is 4.65. The van der Waals surface area contributed by atoms with E-state index in [1.807, 2.05) is 25.1 Å². The first-order valence-corrected chi connectivity index (χ1v) is 8.47. The third-order valence-electron chi connectivity index (χ3n) is 4.65. The van der Waals surface area contributed by atoms with E-state index in [4.69, 9.17) is 0 Å². The molecule has 0 unspecified atom stereocenters. The topological polar surface area (TPSA) is 46.1 Å². The number of nitrogens with zero attached hydrogens (tertiary/aromatic N) is 3. The lowest BCUT2D eigenvalue weighted by Crippen LogP contribution is -2.38. The summed E-state index contributed by atoms with van der Waals surface area (Å²) in [4.78, 5) is 24.1. The average molecular weight is 323 g/mol. The van der Waals surface area contributed by atoms with E-state index in [0.717, 1.165) is 17.9 Å². The monoisotopic (exact) mass is 323 g/mol.